The van der Waals surface area contributed by atoms with E-state index in [-0.39, 0.29) is 6.54 Å². The maximum Gasteiger partial charge on any atom is 0.161 e. The number of hydrogen-bond acceptors (Lipinski definition) is 7. The average molecular weight is 405 g/mol. The van der Waals surface area contributed by atoms with Gasteiger partial charge in [0, 0.05) is 5.75 Å². The van der Waals surface area contributed by atoms with Crippen LogP contribution in [0.25, 0.3) is 0 Å². The largest absolute Gasteiger partial charge is 0.493 e. The first-order chi connectivity index (χ1) is 13.5. The van der Waals surface area contributed by atoms with Gasteiger partial charge < -0.3 is 14.8 Å². The predicted molar refractivity (Wildman–Crippen MR) is 110 cm³/mol. The van der Waals surface area contributed by atoms with Crippen molar-refractivity contribution < 1.29 is 19.1 Å². The first-order valence-electron chi connectivity index (χ1n) is 8.73. The number of nitrogens with one attached hydrogen (secondary N) is 1. The number of thioether (sulfide) groups is 1. The molecule has 2 rings (SSSR count). The fraction of sp³-hybridized carbons (Fsp3) is 0.350. The number of ether oxygens (including phenoxy) is 2. The van der Waals surface area contributed by atoms with Crippen LogP contribution in [0.3, 0.4) is 0 Å². The molecule has 0 aliphatic rings. The Labute approximate surface area is 168 Å². The molecule has 0 spiro atoms. The quantitative estimate of drug-likeness (QED) is 0.446. The summed E-state index contributed by atoms with van der Waals surface area (Å²) in [6.07, 6.45) is 1.94. The van der Waals surface area contributed by atoms with Crippen LogP contribution in [0.1, 0.15) is 18.5 Å². The first-order valence-corrected chi connectivity index (χ1v) is 10.1. The minimum atomic E-state index is -0.456. The highest BCUT2D eigenvalue weighted by molar-refractivity contribution is 7.98. The number of halogens is 1. The monoisotopic (exact) mass is 405 g/mol. The number of hydrogen-bond donors (Lipinski definition) is 2. The van der Waals surface area contributed by atoms with Gasteiger partial charge in [-0.25, -0.2) is 9.45 Å². The molecule has 0 aliphatic heterocycles. The number of rotatable bonds is 10. The number of nitrogens with zero attached hydrogens (tertiary/aromatic N) is 2. The van der Waals surface area contributed by atoms with Crippen LogP contribution < -0.4 is 19.9 Å². The van der Waals surface area contributed by atoms with Crippen LogP contribution in [0, 0.1) is 17.1 Å². The van der Waals surface area contributed by atoms with Crippen molar-refractivity contribution >= 4 is 23.1 Å². The Hall–Kier alpha value is -2.63. The van der Waals surface area contributed by atoms with Crippen molar-refractivity contribution in [3.8, 4) is 17.6 Å². The third-order valence-corrected chi connectivity index (χ3v) is 4.70. The van der Waals surface area contributed by atoms with Gasteiger partial charge >= 0.3 is 0 Å². The van der Waals surface area contributed by atoms with Gasteiger partial charge in [-0.1, -0.05) is 6.07 Å². The molecule has 28 heavy (non-hydrogen) atoms. The number of benzene rings is 2. The summed E-state index contributed by atoms with van der Waals surface area (Å²) in [5.41, 5.74) is 1.54. The molecule has 8 heteroatoms. The Kier molecular flexibility index (Phi) is 8.23. The highest BCUT2D eigenvalue weighted by Crippen LogP contribution is 2.37. The zero-order valence-electron chi connectivity index (χ0n) is 16.1. The van der Waals surface area contributed by atoms with Gasteiger partial charge in [0.25, 0.3) is 0 Å². The Morgan fingerprint density at radius 3 is 2.71 bits per heavy atom. The van der Waals surface area contributed by atoms with Crippen molar-refractivity contribution in [2.24, 2.45) is 0 Å². The molecule has 0 heterocycles. The van der Waals surface area contributed by atoms with Crippen molar-refractivity contribution in [3.05, 3.63) is 47.8 Å². The number of hydroxylamine groups is 1. The fourth-order valence-electron chi connectivity index (χ4n) is 2.79. The predicted octanol–water partition coefficient (Wildman–Crippen LogP) is 4.47. The van der Waals surface area contributed by atoms with Gasteiger partial charge in [0.2, 0.25) is 0 Å². The average Bonchev–Trinajstić information content (AvgIpc) is 2.70. The molecular weight excluding hydrogens is 381 g/mol. The molecule has 0 aliphatic carbocycles. The van der Waals surface area contributed by atoms with Crippen LogP contribution in [0.15, 0.2) is 36.4 Å². The highest BCUT2D eigenvalue weighted by atomic mass is 32.2. The van der Waals surface area contributed by atoms with Crippen molar-refractivity contribution in [1.29, 1.82) is 5.26 Å². The van der Waals surface area contributed by atoms with E-state index >= 15 is 0 Å². The normalized spacial score (nSPS) is 11.4. The Morgan fingerprint density at radius 2 is 2.07 bits per heavy atom. The van der Waals surface area contributed by atoms with Gasteiger partial charge in [-0.05, 0) is 49.1 Å². The van der Waals surface area contributed by atoms with E-state index in [1.54, 1.807) is 24.9 Å². The molecule has 0 fully saturated rings. The maximum atomic E-state index is 13.7. The summed E-state index contributed by atoms with van der Waals surface area (Å²) in [7, 11) is 1.57. The van der Waals surface area contributed by atoms with E-state index in [2.05, 4.69) is 5.32 Å². The number of nitriles is 1. The van der Waals surface area contributed by atoms with Crippen LogP contribution in [0.2, 0.25) is 0 Å². The zero-order chi connectivity index (χ0) is 20.5. The second-order valence-corrected chi connectivity index (χ2v) is 6.74. The maximum absolute atomic E-state index is 13.7. The third kappa shape index (κ3) is 5.21. The lowest BCUT2D eigenvalue weighted by molar-refractivity contribution is 0.225. The summed E-state index contributed by atoms with van der Waals surface area (Å²) in [6.45, 7) is 2.36. The molecule has 6 nitrogen and oxygen atoms in total. The molecule has 2 aromatic rings. The van der Waals surface area contributed by atoms with E-state index in [1.807, 2.05) is 31.4 Å². The van der Waals surface area contributed by atoms with Gasteiger partial charge in [-0.3, -0.25) is 5.21 Å². The van der Waals surface area contributed by atoms with Crippen molar-refractivity contribution in [2.75, 3.05) is 42.7 Å². The zero-order valence-corrected chi connectivity index (χ0v) is 16.9. The van der Waals surface area contributed by atoms with Crippen LogP contribution >= 0.6 is 11.8 Å². The lowest BCUT2D eigenvalue weighted by atomic mass is 10.1. The summed E-state index contributed by atoms with van der Waals surface area (Å²) < 4.78 is 24.6. The molecule has 0 unspecified atom stereocenters. The molecule has 2 aromatic carbocycles. The molecule has 0 saturated heterocycles. The van der Waals surface area contributed by atoms with Crippen molar-refractivity contribution in [3.63, 3.8) is 0 Å². The summed E-state index contributed by atoms with van der Waals surface area (Å²) in [5.74, 6) is 1.31. The van der Waals surface area contributed by atoms with Gasteiger partial charge in [-0.2, -0.15) is 17.0 Å². The highest BCUT2D eigenvalue weighted by Gasteiger charge is 2.23. The van der Waals surface area contributed by atoms with Crippen molar-refractivity contribution in [2.45, 2.75) is 13.0 Å². The topological polar surface area (TPSA) is 77.8 Å². The minimum Gasteiger partial charge on any atom is -0.493 e. The van der Waals surface area contributed by atoms with E-state index in [0.29, 0.717) is 35.2 Å². The fourth-order valence-corrected chi connectivity index (χ4v) is 3.44. The summed E-state index contributed by atoms with van der Waals surface area (Å²) in [4.78, 5) is 0. The molecule has 0 radical (unpaired) electrons. The molecule has 0 bridgehead atoms. The van der Waals surface area contributed by atoms with E-state index in [1.165, 1.54) is 18.2 Å². The van der Waals surface area contributed by atoms with Crippen LogP contribution in [-0.2, 0) is 0 Å². The summed E-state index contributed by atoms with van der Waals surface area (Å²) >= 11 is 1.56. The van der Waals surface area contributed by atoms with E-state index in [0.717, 1.165) is 10.6 Å². The molecule has 1 atom stereocenters. The Balaban J connectivity index is 2.44. The van der Waals surface area contributed by atoms with Gasteiger partial charge in [-0.15, -0.1) is 0 Å². The number of anilines is 2. The van der Waals surface area contributed by atoms with E-state index in [4.69, 9.17) is 14.7 Å². The van der Waals surface area contributed by atoms with E-state index < -0.39 is 11.9 Å². The Bertz CT molecular complexity index is 829. The Morgan fingerprint density at radius 1 is 1.29 bits per heavy atom. The molecule has 0 amide bonds. The van der Waals surface area contributed by atoms with Gasteiger partial charge in [0.1, 0.15) is 12.4 Å². The molecular formula is C20H24FN3O3S. The number of methoxy groups -OCH3 is 1. The van der Waals surface area contributed by atoms with Crippen LogP contribution in [-0.4, -0.2) is 37.5 Å². The van der Waals surface area contributed by atoms with Gasteiger partial charge in [0.05, 0.1) is 37.2 Å². The third-order valence-electron chi connectivity index (χ3n) is 4.06. The molecule has 2 N–H and O–H groups in total. The van der Waals surface area contributed by atoms with E-state index in [9.17, 15) is 9.60 Å². The minimum absolute atomic E-state index is 0.00544. The van der Waals surface area contributed by atoms with Crippen molar-refractivity contribution in [1.82, 2.24) is 0 Å². The summed E-state index contributed by atoms with van der Waals surface area (Å²) in [5, 5.41) is 23.7. The molecule has 0 aromatic heterocycles. The molecule has 0 saturated carbocycles. The lowest BCUT2D eigenvalue weighted by Crippen LogP contribution is -2.28. The molecule has 150 valence electrons. The van der Waals surface area contributed by atoms with Gasteiger partial charge in [0.15, 0.2) is 11.5 Å². The SMILES string of the molecule is CCOc1cc([C@H](CSC)N(O)c2ccc(F)cc2NCC#N)ccc1OC. The lowest BCUT2D eigenvalue weighted by Gasteiger charge is -2.30. The summed E-state index contributed by atoms with van der Waals surface area (Å²) in [6, 6.07) is 11.0. The second-order valence-electron chi connectivity index (χ2n) is 5.83. The first kappa shape index (κ1) is 21.7. The van der Waals surface area contributed by atoms with Crippen LogP contribution in [0.4, 0.5) is 15.8 Å². The second kappa shape index (κ2) is 10.6. The standard InChI is InChI=1S/C20H24FN3O3S/c1-4-27-20-11-14(5-8-19(20)26-2)18(13-28-3)24(25)17-7-6-15(21)12-16(17)23-10-9-22/h5-8,11-12,18,23,25H,4,10,13H2,1-3H3/t18-/m0/s1. The smallest absolute Gasteiger partial charge is 0.161 e. The van der Waals surface area contributed by atoms with Crippen LogP contribution in [0.5, 0.6) is 11.5 Å².